The molecular formula is C18H21N3O4. The van der Waals surface area contributed by atoms with Crippen LogP contribution in [0.15, 0.2) is 34.9 Å². The van der Waals surface area contributed by atoms with Gasteiger partial charge in [0.1, 0.15) is 6.26 Å². The lowest BCUT2D eigenvalue weighted by molar-refractivity contribution is -0.143. The van der Waals surface area contributed by atoms with Crippen molar-refractivity contribution in [1.82, 2.24) is 9.88 Å². The van der Waals surface area contributed by atoms with Gasteiger partial charge in [0.2, 0.25) is 5.89 Å². The molecule has 0 radical (unpaired) electrons. The summed E-state index contributed by atoms with van der Waals surface area (Å²) in [6.45, 7) is 4.58. The molecule has 3 rings (SSSR count). The molecule has 1 aromatic heterocycles. The van der Waals surface area contributed by atoms with Crippen molar-refractivity contribution in [3.8, 4) is 11.5 Å². The minimum atomic E-state index is -0.856. The van der Waals surface area contributed by atoms with Crippen molar-refractivity contribution < 1.29 is 19.1 Å². The second-order valence-corrected chi connectivity index (χ2v) is 6.59. The first-order chi connectivity index (χ1) is 11.9. The molecule has 1 saturated heterocycles. The van der Waals surface area contributed by atoms with Crippen LogP contribution in [0.5, 0.6) is 0 Å². The predicted octanol–water partition coefficient (Wildman–Crippen LogP) is 3.22. The highest BCUT2D eigenvalue weighted by Crippen LogP contribution is 2.24. The summed E-state index contributed by atoms with van der Waals surface area (Å²) in [5.41, 5.74) is 2.16. The van der Waals surface area contributed by atoms with Crippen LogP contribution in [-0.4, -0.2) is 40.1 Å². The molecule has 0 saturated carbocycles. The zero-order valence-corrected chi connectivity index (χ0v) is 14.2. The molecule has 1 fully saturated rings. The van der Waals surface area contributed by atoms with Gasteiger partial charge in [0.05, 0.1) is 11.6 Å². The number of aryl methyl sites for hydroxylation is 1. The lowest BCUT2D eigenvalue weighted by Crippen LogP contribution is -2.47. The highest BCUT2D eigenvalue weighted by molar-refractivity contribution is 5.90. The molecule has 0 bridgehead atoms. The van der Waals surface area contributed by atoms with Crippen LogP contribution in [-0.2, 0) is 4.79 Å². The van der Waals surface area contributed by atoms with E-state index in [2.05, 4.69) is 10.3 Å². The van der Waals surface area contributed by atoms with E-state index >= 15 is 0 Å². The molecule has 1 aliphatic rings. The molecule has 2 unspecified atom stereocenters. The summed E-state index contributed by atoms with van der Waals surface area (Å²) in [4.78, 5) is 29.6. The smallest absolute Gasteiger partial charge is 0.321 e. The predicted molar refractivity (Wildman–Crippen MR) is 92.2 cm³/mol. The molecule has 132 valence electrons. The SMILES string of the molecule is Cc1coc(-c2cccc(NC(=O)N3CC(C)CC(C(=O)O)C3)c2)n1. The number of rotatable bonds is 3. The van der Waals surface area contributed by atoms with Crippen LogP contribution in [0.25, 0.3) is 11.5 Å². The monoisotopic (exact) mass is 343 g/mol. The largest absolute Gasteiger partial charge is 0.481 e. The first-order valence-corrected chi connectivity index (χ1v) is 8.23. The number of nitrogens with zero attached hydrogens (tertiary/aromatic N) is 2. The van der Waals surface area contributed by atoms with Gasteiger partial charge in [0.25, 0.3) is 0 Å². The van der Waals surface area contributed by atoms with E-state index in [1.54, 1.807) is 23.3 Å². The van der Waals surface area contributed by atoms with Crippen LogP contribution >= 0.6 is 0 Å². The van der Waals surface area contributed by atoms with Crippen molar-refractivity contribution in [2.45, 2.75) is 20.3 Å². The fourth-order valence-corrected chi connectivity index (χ4v) is 3.12. The minimum Gasteiger partial charge on any atom is -0.481 e. The molecule has 25 heavy (non-hydrogen) atoms. The summed E-state index contributed by atoms with van der Waals surface area (Å²) in [6.07, 6.45) is 2.17. The second kappa shape index (κ2) is 6.96. The van der Waals surface area contributed by atoms with Gasteiger partial charge in [-0.2, -0.15) is 0 Å². The van der Waals surface area contributed by atoms with Crippen LogP contribution in [0.2, 0.25) is 0 Å². The van der Waals surface area contributed by atoms with Crippen molar-refractivity contribution >= 4 is 17.7 Å². The average Bonchev–Trinajstić information content (AvgIpc) is 3.01. The maximum atomic E-state index is 12.5. The third-order valence-corrected chi connectivity index (χ3v) is 4.28. The van der Waals surface area contributed by atoms with E-state index in [-0.39, 0.29) is 18.5 Å². The average molecular weight is 343 g/mol. The fraction of sp³-hybridized carbons (Fsp3) is 0.389. The lowest BCUT2D eigenvalue weighted by Gasteiger charge is -2.34. The van der Waals surface area contributed by atoms with Gasteiger partial charge >= 0.3 is 12.0 Å². The number of hydrogen-bond acceptors (Lipinski definition) is 4. The third kappa shape index (κ3) is 3.99. The summed E-state index contributed by atoms with van der Waals surface area (Å²) in [6, 6.07) is 6.93. The Balaban J connectivity index is 1.71. The number of urea groups is 1. The van der Waals surface area contributed by atoms with Crippen molar-refractivity contribution in [1.29, 1.82) is 0 Å². The van der Waals surface area contributed by atoms with Crippen molar-refractivity contribution in [3.05, 3.63) is 36.2 Å². The lowest BCUT2D eigenvalue weighted by atomic mass is 9.91. The van der Waals surface area contributed by atoms with E-state index in [1.165, 1.54) is 0 Å². The zero-order valence-electron chi connectivity index (χ0n) is 14.2. The molecular weight excluding hydrogens is 322 g/mol. The Morgan fingerprint density at radius 3 is 2.84 bits per heavy atom. The van der Waals surface area contributed by atoms with E-state index in [9.17, 15) is 14.7 Å². The fourth-order valence-electron chi connectivity index (χ4n) is 3.12. The topological polar surface area (TPSA) is 95.7 Å². The molecule has 2 amide bonds. The van der Waals surface area contributed by atoms with Crippen LogP contribution in [0.3, 0.4) is 0 Å². The first kappa shape index (κ1) is 17.0. The van der Waals surface area contributed by atoms with Gasteiger partial charge in [-0.05, 0) is 37.5 Å². The van der Waals surface area contributed by atoms with Gasteiger partial charge in [-0.25, -0.2) is 9.78 Å². The summed E-state index contributed by atoms with van der Waals surface area (Å²) in [5.74, 6) is -0.727. The van der Waals surface area contributed by atoms with Crippen LogP contribution < -0.4 is 5.32 Å². The quantitative estimate of drug-likeness (QED) is 0.892. The van der Waals surface area contributed by atoms with Gasteiger partial charge in [-0.1, -0.05) is 13.0 Å². The van der Waals surface area contributed by atoms with E-state index < -0.39 is 11.9 Å². The molecule has 1 aromatic carbocycles. The number of anilines is 1. The molecule has 2 aromatic rings. The number of carbonyl (C=O) groups is 2. The number of carbonyl (C=O) groups excluding carboxylic acids is 1. The van der Waals surface area contributed by atoms with E-state index in [0.717, 1.165) is 11.3 Å². The van der Waals surface area contributed by atoms with Crippen molar-refractivity contribution in [2.24, 2.45) is 11.8 Å². The Hall–Kier alpha value is -2.83. The van der Waals surface area contributed by atoms with E-state index in [1.807, 2.05) is 26.0 Å². The Bertz CT molecular complexity index is 786. The second-order valence-electron chi connectivity index (χ2n) is 6.59. The number of hydrogen-bond donors (Lipinski definition) is 2. The van der Waals surface area contributed by atoms with Gasteiger partial charge in [0, 0.05) is 24.3 Å². The van der Waals surface area contributed by atoms with Gasteiger partial charge in [-0.3, -0.25) is 4.79 Å². The molecule has 1 aliphatic heterocycles. The molecule has 2 heterocycles. The van der Waals surface area contributed by atoms with Crippen LogP contribution in [0, 0.1) is 18.8 Å². The standard InChI is InChI=1S/C18H21N3O4/c1-11-6-14(17(22)23)9-21(8-11)18(24)20-15-5-3-4-13(7-15)16-19-12(2)10-25-16/h3-5,7,10-11,14H,6,8-9H2,1-2H3,(H,20,24)(H,22,23). The zero-order chi connectivity index (χ0) is 18.0. The highest BCUT2D eigenvalue weighted by Gasteiger charge is 2.31. The number of benzene rings is 1. The molecule has 7 nitrogen and oxygen atoms in total. The number of carboxylic acids is 1. The number of aliphatic carboxylic acids is 1. The van der Waals surface area contributed by atoms with Gasteiger partial charge < -0.3 is 19.7 Å². The van der Waals surface area contributed by atoms with Gasteiger partial charge in [0.15, 0.2) is 0 Å². The third-order valence-electron chi connectivity index (χ3n) is 4.28. The number of aromatic nitrogens is 1. The molecule has 2 N–H and O–H groups in total. The highest BCUT2D eigenvalue weighted by atomic mass is 16.4. The minimum absolute atomic E-state index is 0.155. The molecule has 0 aliphatic carbocycles. The molecule has 0 spiro atoms. The summed E-state index contributed by atoms with van der Waals surface area (Å²) < 4.78 is 5.38. The maximum absolute atomic E-state index is 12.5. The van der Waals surface area contributed by atoms with Crippen LogP contribution in [0.4, 0.5) is 10.5 Å². The van der Waals surface area contributed by atoms with E-state index in [0.29, 0.717) is 24.5 Å². The number of likely N-dealkylation sites (tertiary alicyclic amines) is 1. The number of carboxylic acid groups (broad SMARTS) is 1. The Labute approximate surface area is 145 Å². The van der Waals surface area contributed by atoms with Crippen molar-refractivity contribution in [2.75, 3.05) is 18.4 Å². The number of nitrogens with one attached hydrogen (secondary N) is 1. The Morgan fingerprint density at radius 2 is 2.16 bits per heavy atom. The number of amides is 2. The maximum Gasteiger partial charge on any atom is 0.321 e. The Morgan fingerprint density at radius 1 is 1.36 bits per heavy atom. The number of piperidine rings is 1. The van der Waals surface area contributed by atoms with Crippen molar-refractivity contribution in [3.63, 3.8) is 0 Å². The number of oxazole rings is 1. The Kier molecular flexibility index (Phi) is 4.74. The summed E-state index contributed by atoms with van der Waals surface area (Å²) >= 11 is 0. The summed E-state index contributed by atoms with van der Waals surface area (Å²) in [7, 11) is 0. The van der Waals surface area contributed by atoms with E-state index in [4.69, 9.17) is 4.42 Å². The molecule has 2 atom stereocenters. The van der Waals surface area contributed by atoms with Gasteiger partial charge in [-0.15, -0.1) is 0 Å². The van der Waals surface area contributed by atoms with Crippen LogP contribution in [0.1, 0.15) is 19.0 Å². The summed E-state index contributed by atoms with van der Waals surface area (Å²) in [5, 5.41) is 12.1. The molecule has 7 heteroatoms. The first-order valence-electron chi connectivity index (χ1n) is 8.23. The normalized spacial score (nSPS) is 20.3.